The highest BCUT2D eigenvalue weighted by atomic mass is 35.5. The fourth-order valence-corrected chi connectivity index (χ4v) is 2.81. The molecule has 1 aliphatic heterocycles. The third-order valence-electron chi connectivity index (χ3n) is 2.84. The van der Waals surface area contributed by atoms with E-state index in [0.29, 0.717) is 38.0 Å². The predicted octanol–water partition coefficient (Wildman–Crippen LogP) is 1.51. The second-order valence-electron chi connectivity index (χ2n) is 4.44. The van der Waals surface area contributed by atoms with E-state index in [1.54, 1.807) is 23.0 Å². The second kappa shape index (κ2) is 9.09. The van der Waals surface area contributed by atoms with Crippen molar-refractivity contribution in [3.05, 3.63) is 29.0 Å². The van der Waals surface area contributed by atoms with Crippen molar-refractivity contribution in [2.24, 2.45) is 0 Å². The van der Waals surface area contributed by atoms with E-state index in [-0.39, 0.29) is 6.03 Å². The number of thioether (sulfide) groups is 1. The Hall–Kier alpha value is -1.02. The number of pyridine rings is 1. The average molecular weight is 331 g/mol. The molecule has 8 heteroatoms. The predicted molar refractivity (Wildman–Crippen MR) is 84.3 cm³/mol. The molecule has 0 aromatic carbocycles. The molecule has 2 rings (SSSR count). The van der Waals surface area contributed by atoms with Crippen molar-refractivity contribution in [1.82, 2.24) is 20.7 Å². The Labute approximate surface area is 133 Å². The van der Waals surface area contributed by atoms with Crippen LogP contribution in [0.2, 0.25) is 5.15 Å². The number of halogens is 1. The summed E-state index contributed by atoms with van der Waals surface area (Å²) in [5.41, 5.74) is 4.16. The van der Waals surface area contributed by atoms with Gasteiger partial charge in [-0.1, -0.05) is 11.6 Å². The molecule has 1 aliphatic rings. The van der Waals surface area contributed by atoms with Gasteiger partial charge in [0.1, 0.15) is 5.15 Å². The molecule has 1 aromatic rings. The number of amides is 2. The van der Waals surface area contributed by atoms with Gasteiger partial charge in [-0.2, -0.15) is 11.8 Å². The molecule has 6 nitrogen and oxygen atoms in total. The molecule has 0 aliphatic carbocycles. The molecule has 1 fully saturated rings. The minimum absolute atomic E-state index is 0.104. The molecule has 21 heavy (non-hydrogen) atoms. The summed E-state index contributed by atoms with van der Waals surface area (Å²) in [5.74, 6) is 1.70. The van der Waals surface area contributed by atoms with Gasteiger partial charge in [0.2, 0.25) is 0 Å². The second-order valence-corrected chi connectivity index (χ2v) is 5.94. The number of ether oxygens (including phenoxy) is 1. The van der Waals surface area contributed by atoms with Gasteiger partial charge in [-0.05, 0) is 17.7 Å². The first-order valence-electron chi connectivity index (χ1n) is 6.80. The molecular weight excluding hydrogens is 312 g/mol. The lowest BCUT2D eigenvalue weighted by molar-refractivity contribution is 0.144. The van der Waals surface area contributed by atoms with Crippen LogP contribution in [0.3, 0.4) is 0 Å². The van der Waals surface area contributed by atoms with Gasteiger partial charge in [0, 0.05) is 30.8 Å². The standard InChI is InChI=1S/C13H19ClN4O2S/c14-12-9-11(1-2-15-12)10-21-8-4-16-13(19)18-5-7-20-6-3-17-18/h1-2,9,17H,3-8,10H2,(H,16,19). The monoisotopic (exact) mass is 330 g/mol. The Morgan fingerprint density at radius 1 is 1.57 bits per heavy atom. The highest BCUT2D eigenvalue weighted by molar-refractivity contribution is 7.98. The first kappa shape index (κ1) is 16.4. The molecule has 0 radical (unpaired) electrons. The SMILES string of the molecule is O=C(NCCSCc1ccnc(Cl)c1)N1CCOCCN1. The van der Waals surface area contributed by atoms with Crippen LogP contribution in [0.25, 0.3) is 0 Å². The molecular formula is C13H19ClN4O2S. The molecule has 0 spiro atoms. The van der Waals surface area contributed by atoms with E-state index in [2.05, 4.69) is 15.7 Å². The average Bonchev–Trinajstić information content (AvgIpc) is 2.76. The largest absolute Gasteiger partial charge is 0.378 e. The van der Waals surface area contributed by atoms with Gasteiger partial charge in [-0.15, -0.1) is 0 Å². The number of aromatic nitrogens is 1. The molecule has 2 heterocycles. The molecule has 0 bridgehead atoms. The Kier molecular flexibility index (Phi) is 7.08. The maximum absolute atomic E-state index is 11.9. The number of nitrogens with one attached hydrogen (secondary N) is 2. The number of urea groups is 1. The van der Waals surface area contributed by atoms with Gasteiger partial charge < -0.3 is 10.1 Å². The van der Waals surface area contributed by atoms with Crippen molar-refractivity contribution in [3.63, 3.8) is 0 Å². The summed E-state index contributed by atoms with van der Waals surface area (Å²) in [4.78, 5) is 15.8. The zero-order valence-electron chi connectivity index (χ0n) is 11.7. The van der Waals surface area contributed by atoms with E-state index in [9.17, 15) is 4.79 Å². The van der Waals surface area contributed by atoms with Crippen LogP contribution < -0.4 is 10.7 Å². The molecule has 2 amide bonds. The van der Waals surface area contributed by atoms with Crippen molar-refractivity contribution in [2.75, 3.05) is 38.6 Å². The minimum atomic E-state index is -0.104. The van der Waals surface area contributed by atoms with Crippen molar-refractivity contribution in [2.45, 2.75) is 5.75 Å². The van der Waals surface area contributed by atoms with Crippen LogP contribution >= 0.6 is 23.4 Å². The quantitative estimate of drug-likeness (QED) is 0.633. The lowest BCUT2D eigenvalue weighted by Gasteiger charge is -2.20. The van der Waals surface area contributed by atoms with E-state index >= 15 is 0 Å². The van der Waals surface area contributed by atoms with Crippen molar-refractivity contribution in [3.8, 4) is 0 Å². The van der Waals surface area contributed by atoms with Crippen LogP contribution in [0.4, 0.5) is 4.79 Å². The molecule has 0 saturated carbocycles. The maximum atomic E-state index is 11.9. The van der Waals surface area contributed by atoms with Crippen LogP contribution in [-0.2, 0) is 10.5 Å². The van der Waals surface area contributed by atoms with Crippen LogP contribution in [0.1, 0.15) is 5.56 Å². The first-order chi connectivity index (χ1) is 10.3. The van der Waals surface area contributed by atoms with Crippen LogP contribution in [0.5, 0.6) is 0 Å². The van der Waals surface area contributed by atoms with Gasteiger partial charge >= 0.3 is 6.03 Å². The number of hydrogen-bond acceptors (Lipinski definition) is 5. The molecule has 0 unspecified atom stereocenters. The highest BCUT2D eigenvalue weighted by Crippen LogP contribution is 2.14. The van der Waals surface area contributed by atoms with E-state index in [1.165, 1.54) is 0 Å². The van der Waals surface area contributed by atoms with E-state index in [1.807, 2.05) is 12.1 Å². The fraction of sp³-hybridized carbons (Fsp3) is 0.538. The van der Waals surface area contributed by atoms with Gasteiger partial charge in [0.05, 0.1) is 19.8 Å². The molecule has 0 atom stereocenters. The topological polar surface area (TPSA) is 66.5 Å². The summed E-state index contributed by atoms with van der Waals surface area (Å²) in [6.45, 7) is 3.05. The van der Waals surface area contributed by atoms with Gasteiger partial charge in [0.25, 0.3) is 0 Å². The smallest absolute Gasteiger partial charge is 0.331 e. The maximum Gasteiger partial charge on any atom is 0.331 e. The Bertz CT molecular complexity index is 456. The summed E-state index contributed by atoms with van der Waals surface area (Å²) in [6, 6.07) is 3.69. The van der Waals surface area contributed by atoms with Gasteiger partial charge in [0.15, 0.2) is 0 Å². The number of carbonyl (C=O) groups excluding carboxylic acids is 1. The molecule has 1 saturated heterocycles. The summed E-state index contributed by atoms with van der Waals surface area (Å²) < 4.78 is 5.27. The number of hydrogen-bond donors (Lipinski definition) is 2. The van der Waals surface area contributed by atoms with E-state index in [0.717, 1.165) is 17.1 Å². The van der Waals surface area contributed by atoms with Gasteiger partial charge in [-0.25, -0.2) is 15.2 Å². The minimum Gasteiger partial charge on any atom is -0.378 e. The lowest BCUT2D eigenvalue weighted by Crippen LogP contribution is -2.49. The zero-order chi connectivity index (χ0) is 14.9. The summed E-state index contributed by atoms with van der Waals surface area (Å²) >= 11 is 7.57. The number of rotatable bonds is 5. The Morgan fingerprint density at radius 2 is 2.48 bits per heavy atom. The fourth-order valence-electron chi connectivity index (χ4n) is 1.81. The third kappa shape index (κ3) is 6.09. The molecule has 116 valence electrons. The lowest BCUT2D eigenvalue weighted by atomic mass is 10.3. The number of carbonyl (C=O) groups is 1. The Balaban J connectivity index is 1.59. The van der Waals surface area contributed by atoms with Crippen molar-refractivity contribution < 1.29 is 9.53 Å². The Morgan fingerprint density at radius 3 is 3.33 bits per heavy atom. The van der Waals surface area contributed by atoms with Crippen molar-refractivity contribution >= 4 is 29.4 Å². The van der Waals surface area contributed by atoms with E-state index in [4.69, 9.17) is 16.3 Å². The zero-order valence-corrected chi connectivity index (χ0v) is 13.3. The third-order valence-corrected chi connectivity index (χ3v) is 4.07. The van der Waals surface area contributed by atoms with Crippen LogP contribution in [-0.4, -0.2) is 54.6 Å². The van der Waals surface area contributed by atoms with Crippen molar-refractivity contribution in [1.29, 1.82) is 0 Å². The van der Waals surface area contributed by atoms with E-state index < -0.39 is 0 Å². The summed E-state index contributed by atoms with van der Waals surface area (Å²) in [5, 5.41) is 4.97. The summed E-state index contributed by atoms with van der Waals surface area (Å²) in [7, 11) is 0. The van der Waals surface area contributed by atoms with Crippen LogP contribution in [0.15, 0.2) is 18.3 Å². The van der Waals surface area contributed by atoms with Crippen LogP contribution in [0, 0.1) is 0 Å². The summed E-state index contributed by atoms with van der Waals surface area (Å²) in [6.07, 6.45) is 1.70. The normalized spacial score (nSPS) is 15.6. The number of hydrazine groups is 1. The highest BCUT2D eigenvalue weighted by Gasteiger charge is 2.14. The molecule has 1 aromatic heterocycles. The number of nitrogens with zero attached hydrogens (tertiary/aromatic N) is 2. The van der Waals surface area contributed by atoms with Gasteiger partial charge in [-0.3, -0.25) is 5.01 Å². The molecule has 2 N–H and O–H groups in total. The first-order valence-corrected chi connectivity index (χ1v) is 8.34.